The summed E-state index contributed by atoms with van der Waals surface area (Å²) in [5.74, 6) is -2.62. The number of halogens is 4. The highest BCUT2D eigenvalue weighted by atomic mass is 35.5. The lowest BCUT2D eigenvalue weighted by molar-refractivity contribution is -0.385. The Balaban J connectivity index is 2.52. The number of nitrogens with zero attached hydrogens (tertiary/aromatic N) is 2. The van der Waals surface area contributed by atoms with E-state index in [1.165, 1.54) is 6.07 Å². The first-order valence-electron chi connectivity index (χ1n) is 6.53. The molecule has 0 unspecified atom stereocenters. The zero-order valence-corrected chi connectivity index (χ0v) is 13.1. The smallest absolute Gasteiger partial charge is 0.416 e. The third kappa shape index (κ3) is 3.84. The second-order valence-corrected chi connectivity index (χ2v) is 5.18. The molecule has 0 aromatic heterocycles. The monoisotopic (exact) mass is 385 g/mol. The molecule has 2 rings (SSSR count). The fourth-order valence-corrected chi connectivity index (χ4v) is 2.22. The molecule has 0 radical (unpaired) electrons. The van der Waals surface area contributed by atoms with E-state index in [9.17, 15) is 33.2 Å². The molecule has 0 N–H and O–H groups in total. The van der Waals surface area contributed by atoms with Gasteiger partial charge in [0.2, 0.25) is 0 Å². The predicted octanol–water partition coefficient (Wildman–Crippen LogP) is 3.29. The SMILES string of the molecule is N#Cc1cc(C(F)(F)F)cc(Cl)c1Oc1ccc([N+](=O)[O-])c(C(=O)[O-])c1. The number of hydrogen-bond acceptors (Lipinski definition) is 6. The first-order chi connectivity index (χ1) is 12.0. The van der Waals surface area contributed by atoms with Gasteiger partial charge in [-0.15, -0.1) is 0 Å². The van der Waals surface area contributed by atoms with Crippen molar-refractivity contribution in [1.29, 1.82) is 5.26 Å². The standard InChI is InChI=1S/C15H6ClF3N2O5/c16-11-4-8(15(17,18)19)3-7(6-20)13(11)26-9-1-2-12(21(24)25)10(5-9)14(22)23/h1-5H,(H,22,23)/p-1. The second-order valence-electron chi connectivity index (χ2n) is 4.77. The van der Waals surface area contributed by atoms with E-state index in [-0.39, 0.29) is 5.75 Å². The van der Waals surface area contributed by atoms with Crippen LogP contribution >= 0.6 is 11.6 Å². The number of carbonyl (C=O) groups excluding carboxylic acids is 1. The Kier molecular flexibility index (Phi) is 5.04. The molecule has 0 heterocycles. The lowest BCUT2D eigenvalue weighted by Gasteiger charge is -2.14. The number of alkyl halides is 3. The van der Waals surface area contributed by atoms with Gasteiger partial charge in [0.05, 0.1) is 32.6 Å². The summed E-state index contributed by atoms with van der Waals surface area (Å²) in [7, 11) is 0. The molecule has 0 aliphatic heterocycles. The summed E-state index contributed by atoms with van der Waals surface area (Å²) in [6.07, 6.45) is -4.75. The summed E-state index contributed by atoms with van der Waals surface area (Å²) in [6.45, 7) is 0. The first-order valence-corrected chi connectivity index (χ1v) is 6.91. The van der Waals surface area contributed by atoms with Crippen molar-refractivity contribution in [3.63, 3.8) is 0 Å². The van der Waals surface area contributed by atoms with Crippen LogP contribution in [0.25, 0.3) is 0 Å². The zero-order valence-electron chi connectivity index (χ0n) is 12.3. The van der Waals surface area contributed by atoms with Gasteiger partial charge in [0.1, 0.15) is 11.8 Å². The topological polar surface area (TPSA) is 116 Å². The molecule has 0 aliphatic rings. The second kappa shape index (κ2) is 6.89. The summed E-state index contributed by atoms with van der Waals surface area (Å²) in [4.78, 5) is 20.8. The van der Waals surface area contributed by atoms with Gasteiger partial charge in [-0.05, 0) is 24.3 Å². The molecule has 0 fully saturated rings. The normalized spacial score (nSPS) is 10.9. The number of nitro benzene ring substituents is 1. The van der Waals surface area contributed by atoms with Crippen molar-refractivity contribution in [2.45, 2.75) is 6.18 Å². The number of nitro groups is 1. The molecule has 7 nitrogen and oxygen atoms in total. The molecular formula is C15H5ClF3N2O5-. The van der Waals surface area contributed by atoms with Crippen LogP contribution in [0.2, 0.25) is 5.02 Å². The molecule has 0 spiro atoms. The van der Waals surface area contributed by atoms with Crippen LogP contribution in [0.5, 0.6) is 11.5 Å². The Morgan fingerprint density at radius 1 is 1.27 bits per heavy atom. The average Bonchev–Trinajstić information content (AvgIpc) is 2.55. The molecule has 2 aromatic carbocycles. The number of carboxylic acid groups (broad SMARTS) is 1. The lowest BCUT2D eigenvalue weighted by atomic mass is 10.1. The van der Waals surface area contributed by atoms with Gasteiger partial charge in [0, 0.05) is 6.07 Å². The van der Waals surface area contributed by atoms with Crippen molar-refractivity contribution in [2.75, 3.05) is 0 Å². The minimum absolute atomic E-state index is 0.298. The molecule has 26 heavy (non-hydrogen) atoms. The summed E-state index contributed by atoms with van der Waals surface area (Å²) in [6, 6.07) is 5.08. The van der Waals surface area contributed by atoms with Crippen LogP contribution in [-0.2, 0) is 6.18 Å². The third-order valence-corrected chi connectivity index (χ3v) is 3.38. The number of aromatic carboxylic acids is 1. The van der Waals surface area contributed by atoms with Gasteiger partial charge in [0.15, 0.2) is 5.75 Å². The lowest BCUT2D eigenvalue weighted by Crippen LogP contribution is -2.23. The fourth-order valence-electron chi connectivity index (χ4n) is 1.96. The third-order valence-electron chi connectivity index (χ3n) is 3.10. The van der Waals surface area contributed by atoms with E-state index in [0.717, 1.165) is 18.2 Å². The van der Waals surface area contributed by atoms with Gasteiger partial charge in [-0.3, -0.25) is 10.1 Å². The first kappa shape index (κ1) is 19.0. The Morgan fingerprint density at radius 2 is 1.92 bits per heavy atom. The van der Waals surface area contributed by atoms with Crippen molar-refractivity contribution in [2.24, 2.45) is 0 Å². The summed E-state index contributed by atoms with van der Waals surface area (Å²) >= 11 is 5.74. The van der Waals surface area contributed by atoms with Gasteiger partial charge >= 0.3 is 6.18 Å². The summed E-state index contributed by atoms with van der Waals surface area (Å²) in [5, 5.41) is 30.3. The van der Waals surface area contributed by atoms with Crippen molar-refractivity contribution >= 4 is 23.3 Å². The maximum Gasteiger partial charge on any atom is 0.416 e. The minimum Gasteiger partial charge on any atom is -0.545 e. The highest BCUT2D eigenvalue weighted by molar-refractivity contribution is 6.32. The van der Waals surface area contributed by atoms with E-state index in [2.05, 4.69) is 0 Å². The van der Waals surface area contributed by atoms with Crippen molar-refractivity contribution < 1.29 is 32.7 Å². The molecule has 0 saturated carbocycles. The van der Waals surface area contributed by atoms with E-state index in [1.807, 2.05) is 0 Å². The zero-order chi connectivity index (χ0) is 19.6. The Hall–Kier alpha value is -3.32. The number of carboxylic acids is 1. The van der Waals surface area contributed by atoms with Crippen LogP contribution in [0, 0.1) is 21.4 Å². The maximum atomic E-state index is 12.8. The van der Waals surface area contributed by atoms with Crippen LogP contribution in [-0.4, -0.2) is 10.9 Å². The van der Waals surface area contributed by atoms with Crippen LogP contribution in [0.1, 0.15) is 21.5 Å². The van der Waals surface area contributed by atoms with Crippen LogP contribution in [0.15, 0.2) is 30.3 Å². The van der Waals surface area contributed by atoms with E-state index >= 15 is 0 Å². The molecule has 11 heteroatoms. The molecule has 2 aromatic rings. The molecule has 0 amide bonds. The quantitative estimate of drug-likeness (QED) is 0.589. The number of carbonyl (C=O) groups is 1. The maximum absolute atomic E-state index is 12.8. The summed E-state index contributed by atoms with van der Waals surface area (Å²) in [5.41, 5.74) is -3.31. The fraction of sp³-hybridized carbons (Fsp3) is 0.0667. The van der Waals surface area contributed by atoms with Gasteiger partial charge < -0.3 is 14.6 Å². The molecule has 134 valence electrons. The highest BCUT2D eigenvalue weighted by Gasteiger charge is 2.32. The van der Waals surface area contributed by atoms with Crippen LogP contribution in [0.4, 0.5) is 18.9 Å². The molecule has 0 aliphatic carbocycles. The van der Waals surface area contributed by atoms with Crippen molar-refractivity contribution in [3.05, 3.63) is 62.2 Å². The Bertz CT molecular complexity index is 954. The number of ether oxygens (including phenoxy) is 1. The van der Waals surface area contributed by atoms with Crippen molar-refractivity contribution in [3.8, 4) is 17.6 Å². The highest BCUT2D eigenvalue weighted by Crippen LogP contribution is 2.39. The van der Waals surface area contributed by atoms with E-state index < -0.39 is 50.2 Å². The van der Waals surface area contributed by atoms with Crippen LogP contribution < -0.4 is 9.84 Å². The van der Waals surface area contributed by atoms with Crippen molar-refractivity contribution in [1.82, 2.24) is 0 Å². The average molecular weight is 386 g/mol. The van der Waals surface area contributed by atoms with Crippen LogP contribution in [0.3, 0.4) is 0 Å². The largest absolute Gasteiger partial charge is 0.545 e. The molecule has 0 saturated heterocycles. The van der Waals surface area contributed by atoms with Gasteiger partial charge in [-0.25, -0.2) is 0 Å². The molecule has 0 atom stereocenters. The van der Waals surface area contributed by atoms with Gasteiger partial charge in [-0.2, -0.15) is 18.4 Å². The number of nitriles is 1. The Morgan fingerprint density at radius 3 is 2.42 bits per heavy atom. The van der Waals surface area contributed by atoms with Gasteiger partial charge in [0.25, 0.3) is 5.69 Å². The number of hydrogen-bond donors (Lipinski definition) is 0. The Labute approximate surface area is 147 Å². The number of benzene rings is 2. The summed E-state index contributed by atoms with van der Waals surface area (Å²) < 4.78 is 43.5. The predicted molar refractivity (Wildman–Crippen MR) is 78.7 cm³/mol. The molecular weight excluding hydrogens is 381 g/mol. The van der Waals surface area contributed by atoms with E-state index in [0.29, 0.717) is 12.1 Å². The minimum atomic E-state index is -4.75. The van der Waals surface area contributed by atoms with E-state index in [1.54, 1.807) is 0 Å². The molecule has 0 bridgehead atoms. The van der Waals surface area contributed by atoms with Gasteiger partial charge in [-0.1, -0.05) is 11.6 Å². The number of rotatable bonds is 4. The van der Waals surface area contributed by atoms with E-state index in [4.69, 9.17) is 21.6 Å².